The number of hydrogen-bond donors (Lipinski definition) is 0. The van der Waals surface area contributed by atoms with Gasteiger partial charge in [-0.05, 0) is 23.7 Å². The summed E-state index contributed by atoms with van der Waals surface area (Å²) < 4.78 is 0. The average molecular weight is 367 g/mol. The van der Waals surface area contributed by atoms with Crippen molar-refractivity contribution in [3.8, 4) is 0 Å². The molecule has 0 spiro atoms. The maximum Gasteiger partial charge on any atom is -0.0386 e. The molecule has 4 unspecified atom stereocenters. The zero-order valence-electron chi connectivity index (χ0n) is 19.6. The van der Waals surface area contributed by atoms with Gasteiger partial charge in [0.15, 0.2) is 0 Å². The molecule has 0 fully saturated rings. The van der Waals surface area contributed by atoms with E-state index in [9.17, 15) is 0 Å². The number of rotatable bonds is 19. The van der Waals surface area contributed by atoms with Gasteiger partial charge in [-0.2, -0.15) is 0 Å². The maximum atomic E-state index is 2.55. The molecule has 0 aliphatic carbocycles. The Morgan fingerprint density at radius 1 is 0.462 bits per heavy atom. The van der Waals surface area contributed by atoms with Crippen molar-refractivity contribution in [2.24, 2.45) is 23.7 Å². The van der Waals surface area contributed by atoms with Crippen LogP contribution in [0, 0.1) is 23.7 Å². The lowest BCUT2D eigenvalue weighted by atomic mass is 9.73. The molecular weight excluding hydrogens is 312 g/mol. The van der Waals surface area contributed by atoms with Gasteiger partial charge in [0.2, 0.25) is 0 Å². The van der Waals surface area contributed by atoms with Crippen LogP contribution in [0.4, 0.5) is 0 Å². The van der Waals surface area contributed by atoms with Crippen molar-refractivity contribution in [2.75, 3.05) is 0 Å². The Morgan fingerprint density at radius 2 is 0.885 bits per heavy atom. The normalized spacial score (nSPS) is 16.4. The topological polar surface area (TPSA) is 0 Å². The van der Waals surface area contributed by atoms with Gasteiger partial charge in [-0.3, -0.25) is 0 Å². The number of hydrogen-bond acceptors (Lipinski definition) is 0. The van der Waals surface area contributed by atoms with E-state index in [1.165, 1.54) is 103 Å². The molecular formula is C26H54. The highest BCUT2D eigenvalue weighted by molar-refractivity contribution is 4.74. The van der Waals surface area contributed by atoms with Gasteiger partial charge in [-0.15, -0.1) is 0 Å². The highest BCUT2D eigenvalue weighted by Crippen LogP contribution is 2.34. The Hall–Kier alpha value is 0. The lowest BCUT2D eigenvalue weighted by molar-refractivity contribution is 0.177. The van der Waals surface area contributed by atoms with Gasteiger partial charge >= 0.3 is 0 Å². The van der Waals surface area contributed by atoms with Gasteiger partial charge in [0.25, 0.3) is 0 Å². The first-order valence-electron chi connectivity index (χ1n) is 12.6. The Kier molecular flexibility index (Phi) is 18.4. The van der Waals surface area contributed by atoms with Crippen molar-refractivity contribution in [1.29, 1.82) is 0 Å². The molecule has 0 aromatic heterocycles. The van der Waals surface area contributed by atoms with Crippen LogP contribution in [0.1, 0.15) is 144 Å². The largest absolute Gasteiger partial charge is 0.0654 e. The summed E-state index contributed by atoms with van der Waals surface area (Å²) in [6.07, 6.45) is 23.0. The van der Waals surface area contributed by atoms with Crippen LogP contribution < -0.4 is 0 Å². The summed E-state index contributed by atoms with van der Waals surface area (Å²) in [7, 11) is 0. The summed E-state index contributed by atoms with van der Waals surface area (Å²) in [6.45, 7) is 14.7. The van der Waals surface area contributed by atoms with Gasteiger partial charge < -0.3 is 0 Å². The van der Waals surface area contributed by atoms with Gasteiger partial charge in [-0.25, -0.2) is 0 Å². The van der Waals surface area contributed by atoms with E-state index < -0.39 is 0 Å². The van der Waals surface area contributed by atoms with E-state index >= 15 is 0 Å². The minimum absolute atomic E-state index is 0.889. The molecule has 0 saturated carbocycles. The van der Waals surface area contributed by atoms with Crippen LogP contribution in [0.25, 0.3) is 0 Å². The van der Waals surface area contributed by atoms with Crippen LogP contribution >= 0.6 is 0 Å². The SMILES string of the molecule is CCCCCCCCCC(C)C(C)C(C)C(CC)CCCCCCCC. The summed E-state index contributed by atoms with van der Waals surface area (Å²) in [6, 6.07) is 0. The summed E-state index contributed by atoms with van der Waals surface area (Å²) in [4.78, 5) is 0. The van der Waals surface area contributed by atoms with E-state index in [2.05, 4.69) is 41.5 Å². The smallest absolute Gasteiger partial charge is 0.0386 e. The third kappa shape index (κ3) is 13.2. The molecule has 4 atom stereocenters. The summed E-state index contributed by atoms with van der Waals surface area (Å²) in [5.74, 6) is 3.64. The number of unbranched alkanes of at least 4 members (excludes halogenated alkanes) is 11. The third-order valence-corrected chi connectivity index (χ3v) is 7.19. The monoisotopic (exact) mass is 366 g/mol. The third-order valence-electron chi connectivity index (χ3n) is 7.19. The Bertz CT molecular complexity index is 269. The highest BCUT2D eigenvalue weighted by atomic mass is 14.3. The van der Waals surface area contributed by atoms with Crippen LogP contribution in [0.2, 0.25) is 0 Å². The van der Waals surface area contributed by atoms with Crippen LogP contribution in [-0.2, 0) is 0 Å². The van der Waals surface area contributed by atoms with E-state index in [4.69, 9.17) is 0 Å². The van der Waals surface area contributed by atoms with Crippen molar-refractivity contribution in [3.05, 3.63) is 0 Å². The predicted molar refractivity (Wildman–Crippen MR) is 122 cm³/mol. The molecule has 0 heteroatoms. The van der Waals surface area contributed by atoms with Crippen LogP contribution in [-0.4, -0.2) is 0 Å². The van der Waals surface area contributed by atoms with Gasteiger partial charge in [0.1, 0.15) is 0 Å². The van der Waals surface area contributed by atoms with Crippen molar-refractivity contribution < 1.29 is 0 Å². The fraction of sp³-hybridized carbons (Fsp3) is 1.00. The highest BCUT2D eigenvalue weighted by Gasteiger charge is 2.24. The lowest BCUT2D eigenvalue weighted by Gasteiger charge is -2.32. The van der Waals surface area contributed by atoms with Gasteiger partial charge in [0.05, 0.1) is 0 Å². The molecule has 0 radical (unpaired) electrons. The first kappa shape index (κ1) is 26.0. The molecule has 0 aromatic carbocycles. The van der Waals surface area contributed by atoms with Crippen LogP contribution in [0.3, 0.4) is 0 Å². The first-order chi connectivity index (χ1) is 12.6. The molecule has 26 heavy (non-hydrogen) atoms. The Morgan fingerprint density at radius 3 is 1.35 bits per heavy atom. The molecule has 0 amide bonds. The van der Waals surface area contributed by atoms with E-state index in [0.717, 1.165) is 23.7 Å². The van der Waals surface area contributed by atoms with Crippen LogP contribution in [0.15, 0.2) is 0 Å². The lowest BCUT2D eigenvalue weighted by Crippen LogP contribution is -2.24. The fourth-order valence-electron chi connectivity index (χ4n) is 4.66. The Balaban J connectivity index is 3.93. The van der Waals surface area contributed by atoms with Gasteiger partial charge in [0, 0.05) is 0 Å². The quantitative estimate of drug-likeness (QED) is 0.199. The molecule has 0 bridgehead atoms. The molecule has 0 aliphatic heterocycles. The zero-order valence-corrected chi connectivity index (χ0v) is 19.6. The van der Waals surface area contributed by atoms with E-state index in [0.29, 0.717) is 0 Å². The Labute approximate surface area is 168 Å². The summed E-state index contributed by atoms with van der Waals surface area (Å²) >= 11 is 0. The van der Waals surface area contributed by atoms with E-state index in [1.807, 2.05) is 0 Å². The van der Waals surface area contributed by atoms with Crippen LogP contribution in [0.5, 0.6) is 0 Å². The molecule has 0 aromatic rings. The maximum absolute atomic E-state index is 2.55. The molecule has 158 valence electrons. The summed E-state index contributed by atoms with van der Waals surface area (Å²) in [5.41, 5.74) is 0. The van der Waals surface area contributed by atoms with Crippen molar-refractivity contribution in [1.82, 2.24) is 0 Å². The standard InChI is InChI=1S/C26H54/c1-7-10-12-14-16-17-19-21-23(4)24(5)25(6)26(9-3)22-20-18-15-13-11-8-2/h23-26H,7-22H2,1-6H3. The van der Waals surface area contributed by atoms with Crippen molar-refractivity contribution in [2.45, 2.75) is 144 Å². The minimum atomic E-state index is 0.889. The molecule has 0 saturated heterocycles. The second-order valence-corrected chi connectivity index (χ2v) is 9.33. The molecule has 0 heterocycles. The summed E-state index contributed by atoms with van der Waals surface area (Å²) in [5, 5.41) is 0. The van der Waals surface area contributed by atoms with Crippen molar-refractivity contribution in [3.63, 3.8) is 0 Å². The zero-order chi connectivity index (χ0) is 19.6. The molecule has 0 aliphatic rings. The van der Waals surface area contributed by atoms with E-state index in [1.54, 1.807) is 0 Å². The average Bonchev–Trinajstić information content (AvgIpc) is 2.65. The van der Waals surface area contributed by atoms with Crippen molar-refractivity contribution >= 4 is 0 Å². The second-order valence-electron chi connectivity index (χ2n) is 9.33. The molecule has 0 nitrogen and oxygen atoms in total. The van der Waals surface area contributed by atoms with E-state index in [-0.39, 0.29) is 0 Å². The second kappa shape index (κ2) is 18.4. The predicted octanol–water partition coefficient (Wildman–Crippen LogP) is 9.81. The first-order valence-corrected chi connectivity index (χ1v) is 12.6. The van der Waals surface area contributed by atoms with Gasteiger partial charge in [-0.1, -0.05) is 144 Å². The molecule has 0 rings (SSSR count). The minimum Gasteiger partial charge on any atom is -0.0654 e. The fourth-order valence-corrected chi connectivity index (χ4v) is 4.66. The molecule has 0 N–H and O–H groups in total.